The van der Waals surface area contributed by atoms with Gasteiger partial charge in [-0.3, -0.25) is 9.78 Å². The summed E-state index contributed by atoms with van der Waals surface area (Å²) in [6.07, 6.45) is 1.23. The molecule has 0 fully saturated rings. The van der Waals surface area contributed by atoms with E-state index in [1.54, 1.807) is 19.9 Å². The molecule has 0 bridgehead atoms. The molecule has 2 N–H and O–H groups in total. The van der Waals surface area contributed by atoms with Gasteiger partial charge in [0.05, 0.1) is 10.2 Å². The van der Waals surface area contributed by atoms with Crippen molar-refractivity contribution >= 4 is 37.5 Å². The van der Waals surface area contributed by atoms with Crippen molar-refractivity contribution in [2.24, 2.45) is 5.92 Å². The molecule has 0 aliphatic heterocycles. The number of hydrogen-bond donors (Lipinski definition) is 2. The Morgan fingerprint density at radius 3 is 2.75 bits per heavy atom. The minimum absolute atomic E-state index is 0.0284. The molecule has 0 amide bonds. The molecule has 6 nitrogen and oxygen atoms in total. The molecule has 108 valence electrons. The molecule has 0 radical (unpaired) electrons. The van der Waals surface area contributed by atoms with Gasteiger partial charge in [0.15, 0.2) is 0 Å². The van der Waals surface area contributed by atoms with Crippen molar-refractivity contribution < 1.29 is 18.3 Å². The molecule has 0 saturated heterocycles. The van der Waals surface area contributed by atoms with Crippen molar-refractivity contribution in [3.8, 4) is 0 Å². The lowest BCUT2D eigenvalue weighted by atomic mass is 10.1. The number of sulfonamides is 1. The summed E-state index contributed by atoms with van der Waals surface area (Å²) < 4.78 is 27.4. The van der Waals surface area contributed by atoms with Crippen LogP contribution in [0.25, 0.3) is 10.2 Å². The average molecular weight is 314 g/mol. The van der Waals surface area contributed by atoms with E-state index in [0.717, 1.165) is 4.70 Å². The molecule has 2 heterocycles. The highest BCUT2D eigenvalue weighted by atomic mass is 32.2. The van der Waals surface area contributed by atoms with Crippen molar-refractivity contribution in [1.82, 2.24) is 9.71 Å². The third kappa shape index (κ3) is 2.97. The Morgan fingerprint density at radius 1 is 1.45 bits per heavy atom. The van der Waals surface area contributed by atoms with E-state index in [2.05, 4.69) is 9.71 Å². The monoisotopic (exact) mass is 314 g/mol. The minimum atomic E-state index is -3.91. The molecule has 2 rings (SSSR count). The van der Waals surface area contributed by atoms with Gasteiger partial charge >= 0.3 is 5.97 Å². The topological polar surface area (TPSA) is 96.4 Å². The van der Waals surface area contributed by atoms with Gasteiger partial charge in [0.1, 0.15) is 10.9 Å². The summed E-state index contributed by atoms with van der Waals surface area (Å²) >= 11 is 1.38. The molecule has 8 heteroatoms. The van der Waals surface area contributed by atoms with Crippen LogP contribution in [0.15, 0.2) is 28.6 Å². The van der Waals surface area contributed by atoms with Crippen molar-refractivity contribution in [2.75, 3.05) is 0 Å². The van der Waals surface area contributed by atoms with Gasteiger partial charge < -0.3 is 5.11 Å². The van der Waals surface area contributed by atoms with Crippen LogP contribution >= 0.6 is 11.3 Å². The summed E-state index contributed by atoms with van der Waals surface area (Å²) in [5, 5.41) is 10.9. The molecular weight excluding hydrogens is 300 g/mol. The Hall–Kier alpha value is -1.51. The fourth-order valence-electron chi connectivity index (χ4n) is 1.68. The molecule has 0 saturated carbocycles. The Bertz CT molecular complexity index is 737. The number of aliphatic carboxylic acids is 1. The smallest absolute Gasteiger partial charge is 0.322 e. The van der Waals surface area contributed by atoms with E-state index in [0.29, 0.717) is 5.52 Å². The first-order valence-corrected chi connectivity index (χ1v) is 8.26. The van der Waals surface area contributed by atoms with Gasteiger partial charge in [-0.1, -0.05) is 13.8 Å². The van der Waals surface area contributed by atoms with Crippen LogP contribution in [0.4, 0.5) is 0 Å². The van der Waals surface area contributed by atoms with E-state index < -0.39 is 22.0 Å². The first kappa shape index (κ1) is 14.9. The average Bonchev–Trinajstić information content (AvgIpc) is 2.82. The van der Waals surface area contributed by atoms with Gasteiger partial charge in [-0.2, -0.15) is 4.72 Å². The summed E-state index contributed by atoms with van der Waals surface area (Å²) in [5.41, 5.74) is 0.715. The van der Waals surface area contributed by atoms with E-state index in [9.17, 15) is 13.2 Å². The lowest BCUT2D eigenvalue weighted by Crippen LogP contribution is -2.44. The van der Waals surface area contributed by atoms with Crippen molar-refractivity contribution in [3.05, 3.63) is 23.7 Å². The minimum Gasteiger partial charge on any atom is -0.480 e. The first-order chi connectivity index (χ1) is 9.31. The Balaban J connectivity index is 2.36. The Labute approximate surface area is 120 Å². The predicted octanol–water partition coefficient (Wildman–Crippen LogP) is 1.68. The highest BCUT2D eigenvalue weighted by Crippen LogP contribution is 2.22. The lowest BCUT2D eigenvalue weighted by Gasteiger charge is -2.17. The van der Waals surface area contributed by atoms with Crippen LogP contribution < -0.4 is 4.72 Å². The zero-order chi connectivity index (χ0) is 14.9. The first-order valence-electron chi connectivity index (χ1n) is 5.89. The van der Waals surface area contributed by atoms with E-state index in [1.807, 2.05) is 5.38 Å². The maximum atomic E-state index is 12.2. The Kier molecular flexibility index (Phi) is 4.07. The number of fused-ring (bicyclic) bond motifs is 1. The van der Waals surface area contributed by atoms with E-state index >= 15 is 0 Å². The second-order valence-corrected chi connectivity index (χ2v) is 7.32. The van der Waals surface area contributed by atoms with Crippen LogP contribution in [0.3, 0.4) is 0 Å². The molecule has 0 aliphatic carbocycles. The fraction of sp³-hybridized carbons (Fsp3) is 0.333. The van der Waals surface area contributed by atoms with Crippen LogP contribution in [0.5, 0.6) is 0 Å². The van der Waals surface area contributed by atoms with Gasteiger partial charge in [-0.15, -0.1) is 11.3 Å². The molecule has 1 unspecified atom stereocenters. The summed E-state index contributed by atoms with van der Waals surface area (Å²) in [6, 6.07) is 2.12. The summed E-state index contributed by atoms with van der Waals surface area (Å²) in [5.74, 6) is -1.56. The third-order valence-electron chi connectivity index (χ3n) is 2.80. The summed E-state index contributed by atoms with van der Waals surface area (Å²) in [7, 11) is -3.91. The number of nitrogens with zero attached hydrogens (tertiary/aromatic N) is 1. The van der Waals surface area contributed by atoms with Crippen LogP contribution in [0.1, 0.15) is 13.8 Å². The highest BCUT2D eigenvalue weighted by molar-refractivity contribution is 7.89. The van der Waals surface area contributed by atoms with Crippen LogP contribution in [0, 0.1) is 5.92 Å². The van der Waals surface area contributed by atoms with Gasteiger partial charge in [-0.05, 0) is 23.4 Å². The fourth-order valence-corrected chi connectivity index (χ4v) is 3.84. The zero-order valence-electron chi connectivity index (χ0n) is 10.9. The van der Waals surface area contributed by atoms with Crippen molar-refractivity contribution in [2.45, 2.75) is 24.8 Å². The molecule has 0 spiro atoms. The molecular formula is C12H14N2O4S2. The quantitative estimate of drug-likeness (QED) is 0.875. The number of pyridine rings is 1. The van der Waals surface area contributed by atoms with Gasteiger partial charge in [0.25, 0.3) is 0 Å². The van der Waals surface area contributed by atoms with E-state index in [-0.39, 0.29) is 10.8 Å². The van der Waals surface area contributed by atoms with E-state index in [1.165, 1.54) is 23.6 Å². The van der Waals surface area contributed by atoms with Crippen molar-refractivity contribution in [1.29, 1.82) is 0 Å². The number of carboxylic acid groups (broad SMARTS) is 1. The Morgan fingerprint density at radius 2 is 2.15 bits per heavy atom. The summed E-state index contributed by atoms with van der Waals surface area (Å²) in [4.78, 5) is 15.1. The number of rotatable bonds is 5. The SMILES string of the molecule is CC(C)C(NS(=O)(=O)c1cnc2ccsc2c1)C(=O)O. The lowest BCUT2D eigenvalue weighted by molar-refractivity contribution is -0.140. The molecule has 1 atom stereocenters. The zero-order valence-corrected chi connectivity index (χ0v) is 12.5. The molecule has 2 aromatic rings. The highest BCUT2D eigenvalue weighted by Gasteiger charge is 2.28. The summed E-state index contributed by atoms with van der Waals surface area (Å²) in [6.45, 7) is 3.28. The number of carboxylic acids is 1. The van der Waals surface area contributed by atoms with Gasteiger partial charge in [0, 0.05) is 6.20 Å². The number of aromatic nitrogens is 1. The standard InChI is InChI=1S/C12H14N2O4S2/c1-7(2)11(12(15)16)14-20(17,18)8-5-10-9(13-6-8)3-4-19-10/h3-7,11,14H,1-2H3,(H,15,16). The maximum absolute atomic E-state index is 12.2. The second kappa shape index (κ2) is 5.47. The number of thiophene rings is 1. The molecule has 20 heavy (non-hydrogen) atoms. The van der Waals surface area contributed by atoms with Crippen molar-refractivity contribution in [3.63, 3.8) is 0 Å². The van der Waals surface area contributed by atoms with Crippen LogP contribution in [-0.4, -0.2) is 30.5 Å². The molecule has 0 aromatic carbocycles. The molecule has 2 aromatic heterocycles. The van der Waals surface area contributed by atoms with E-state index in [4.69, 9.17) is 5.11 Å². The maximum Gasteiger partial charge on any atom is 0.322 e. The number of nitrogens with one attached hydrogen (secondary N) is 1. The second-order valence-electron chi connectivity index (χ2n) is 4.66. The third-order valence-corrected chi connectivity index (χ3v) is 5.06. The molecule has 0 aliphatic rings. The number of carbonyl (C=O) groups is 1. The largest absolute Gasteiger partial charge is 0.480 e. The predicted molar refractivity (Wildman–Crippen MR) is 76.2 cm³/mol. The normalized spacial score (nSPS) is 13.8. The van der Waals surface area contributed by atoms with Gasteiger partial charge in [-0.25, -0.2) is 8.42 Å². The van der Waals surface area contributed by atoms with Crippen LogP contribution in [0.2, 0.25) is 0 Å². The number of hydrogen-bond acceptors (Lipinski definition) is 5. The van der Waals surface area contributed by atoms with Gasteiger partial charge in [0.2, 0.25) is 10.0 Å². The van der Waals surface area contributed by atoms with Crippen LogP contribution in [-0.2, 0) is 14.8 Å².